The van der Waals surface area contributed by atoms with Gasteiger partial charge in [-0.3, -0.25) is 4.68 Å². The number of hydrogen-bond donors (Lipinski definition) is 2. The van der Waals surface area contributed by atoms with Crippen LogP contribution in [0.4, 0.5) is 5.69 Å². The van der Waals surface area contributed by atoms with Gasteiger partial charge >= 0.3 is 0 Å². The van der Waals surface area contributed by atoms with E-state index in [0.29, 0.717) is 6.54 Å². The summed E-state index contributed by atoms with van der Waals surface area (Å²) in [5, 5.41) is 10.5. The van der Waals surface area contributed by atoms with E-state index in [1.165, 1.54) is 0 Å². The van der Waals surface area contributed by atoms with E-state index >= 15 is 0 Å². The van der Waals surface area contributed by atoms with Gasteiger partial charge in [-0.15, -0.1) is 5.10 Å². The molecule has 0 amide bonds. The van der Waals surface area contributed by atoms with E-state index in [0.717, 1.165) is 12.2 Å². The smallest absolute Gasteiger partial charge is 0.240 e. The normalized spacial score (nSPS) is 11.4. The van der Waals surface area contributed by atoms with E-state index in [1.807, 2.05) is 6.92 Å². The third kappa shape index (κ3) is 3.78. The highest BCUT2D eigenvalue weighted by Crippen LogP contribution is 2.13. The molecule has 1 heterocycles. The maximum absolute atomic E-state index is 12.1. The molecule has 2 N–H and O–H groups in total. The van der Waals surface area contributed by atoms with Crippen LogP contribution in [-0.4, -0.2) is 36.5 Å². The summed E-state index contributed by atoms with van der Waals surface area (Å²) in [5.74, 6) is 0. The molecule has 0 atom stereocenters. The fraction of sp³-hybridized carbons (Fsp3) is 0.333. The summed E-state index contributed by atoms with van der Waals surface area (Å²) in [6, 6.07) is 6.65. The second kappa shape index (κ2) is 6.49. The summed E-state index contributed by atoms with van der Waals surface area (Å²) in [7, 11) is -3.48. The van der Waals surface area contributed by atoms with Gasteiger partial charge in [0, 0.05) is 25.0 Å². The molecule has 0 saturated heterocycles. The number of sulfonamides is 1. The van der Waals surface area contributed by atoms with Crippen molar-refractivity contribution < 1.29 is 8.42 Å². The van der Waals surface area contributed by atoms with Gasteiger partial charge in [-0.1, -0.05) is 5.21 Å². The van der Waals surface area contributed by atoms with Gasteiger partial charge in [-0.2, -0.15) is 0 Å². The van der Waals surface area contributed by atoms with Gasteiger partial charge < -0.3 is 5.32 Å². The number of rotatable bonds is 7. The monoisotopic (exact) mass is 295 g/mol. The minimum Gasteiger partial charge on any atom is -0.385 e. The third-order valence-electron chi connectivity index (χ3n) is 2.65. The van der Waals surface area contributed by atoms with Crippen molar-refractivity contribution in [2.24, 2.45) is 0 Å². The van der Waals surface area contributed by atoms with E-state index in [1.54, 1.807) is 41.3 Å². The number of benzene rings is 1. The topological polar surface area (TPSA) is 88.9 Å². The molecule has 0 bridgehead atoms. The zero-order valence-electron chi connectivity index (χ0n) is 11.2. The summed E-state index contributed by atoms with van der Waals surface area (Å²) in [6.45, 7) is 3.48. The lowest BCUT2D eigenvalue weighted by atomic mass is 10.3. The van der Waals surface area contributed by atoms with Crippen molar-refractivity contribution in [2.45, 2.75) is 18.4 Å². The molecule has 108 valence electrons. The van der Waals surface area contributed by atoms with Crippen LogP contribution >= 0.6 is 0 Å². The molecular formula is C12H17N5O2S. The molecule has 0 unspecified atom stereocenters. The van der Waals surface area contributed by atoms with Crippen LogP contribution < -0.4 is 10.0 Å². The number of aromatic nitrogens is 3. The van der Waals surface area contributed by atoms with Gasteiger partial charge in [-0.25, -0.2) is 13.1 Å². The third-order valence-corrected chi connectivity index (χ3v) is 4.13. The fourth-order valence-electron chi connectivity index (χ4n) is 1.69. The molecule has 0 radical (unpaired) electrons. The van der Waals surface area contributed by atoms with Crippen LogP contribution in [0.2, 0.25) is 0 Å². The van der Waals surface area contributed by atoms with Gasteiger partial charge in [0.1, 0.15) is 0 Å². The highest BCUT2D eigenvalue weighted by atomic mass is 32.2. The van der Waals surface area contributed by atoms with Gasteiger partial charge in [0.25, 0.3) is 0 Å². The molecule has 2 rings (SSSR count). The Morgan fingerprint density at radius 2 is 2.00 bits per heavy atom. The Bertz CT molecular complexity index is 622. The molecule has 0 spiro atoms. The van der Waals surface area contributed by atoms with Crippen LogP contribution in [-0.2, 0) is 16.6 Å². The van der Waals surface area contributed by atoms with Crippen molar-refractivity contribution >= 4 is 15.7 Å². The van der Waals surface area contributed by atoms with Crippen LogP contribution in [0, 0.1) is 0 Å². The first-order valence-electron chi connectivity index (χ1n) is 6.29. The second-order valence-corrected chi connectivity index (χ2v) is 5.89. The molecule has 20 heavy (non-hydrogen) atoms. The first-order chi connectivity index (χ1) is 9.62. The fourth-order valence-corrected chi connectivity index (χ4v) is 2.71. The van der Waals surface area contributed by atoms with Crippen molar-refractivity contribution in [3.8, 4) is 0 Å². The van der Waals surface area contributed by atoms with Gasteiger partial charge in [0.15, 0.2) is 0 Å². The first-order valence-corrected chi connectivity index (χ1v) is 7.78. The lowest BCUT2D eigenvalue weighted by Crippen LogP contribution is -2.27. The Hall–Kier alpha value is -1.93. The molecule has 1 aromatic heterocycles. The molecule has 1 aromatic carbocycles. The van der Waals surface area contributed by atoms with E-state index in [-0.39, 0.29) is 11.4 Å². The van der Waals surface area contributed by atoms with Crippen LogP contribution in [0.15, 0.2) is 41.6 Å². The number of hydrogen-bond acceptors (Lipinski definition) is 5. The van der Waals surface area contributed by atoms with E-state index in [9.17, 15) is 8.42 Å². The lowest BCUT2D eigenvalue weighted by Gasteiger charge is -2.08. The molecule has 0 aliphatic rings. The summed E-state index contributed by atoms with van der Waals surface area (Å²) >= 11 is 0. The van der Waals surface area contributed by atoms with Gasteiger partial charge in [-0.05, 0) is 31.2 Å². The van der Waals surface area contributed by atoms with Crippen molar-refractivity contribution in [1.82, 2.24) is 19.7 Å². The van der Waals surface area contributed by atoms with Crippen molar-refractivity contribution in [3.63, 3.8) is 0 Å². The summed E-state index contributed by atoms with van der Waals surface area (Å²) in [6.07, 6.45) is 3.23. The Balaban J connectivity index is 1.95. The van der Waals surface area contributed by atoms with E-state index < -0.39 is 10.0 Å². The van der Waals surface area contributed by atoms with Crippen molar-refractivity contribution in [1.29, 1.82) is 0 Å². The molecular weight excluding hydrogens is 278 g/mol. The average molecular weight is 295 g/mol. The molecule has 0 aliphatic carbocycles. The molecule has 0 aliphatic heterocycles. The maximum atomic E-state index is 12.1. The zero-order valence-corrected chi connectivity index (χ0v) is 12.0. The second-order valence-electron chi connectivity index (χ2n) is 4.12. The largest absolute Gasteiger partial charge is 0.385 e. The molecule has 0 fully saturated rings. The Morgan fingerprint density at radius 1 is 1.25 bits per heavy atom. The van der Waals surface area contributed by atoms with Crippen LogP contribution in [0.25, 0.3) is 0 Å². The summed E-state index contributed by atoms with van der Waals surface area (Å²) in [4.78, 5) is 0.248. The van der Waals surface area contributed by atoms with Crippen LogP contribution in [0.1, 0.15) is 6.92 Å². The molecule has 0 saturated carbocycles. The first kappa shape index (κ1) is 14.5. The highest BCUT2D eigenvalue weighted by Gasteiger charge is 2.12. The lowest BCUT2D eigenvalue weighted by molar-refractivity contribution is 0.553. The average Bonchev–Trinajstić information content (AvgIpc) is 2.93. The van der Waals surface area contributed by atoms with E-state index in [2.05, 4.69) is 20.4 Å². The minimum atomic E-state index is -3.48. The molecule has 7 nitrogen and oxygen atoms in total. The van der Waals surface area contributed by atoms with Crippen molar-refractivity contribution in [3.05, 3.63) is 36.7 Å². The standard InChI is InChI=1S/C12H17N5O2S/c1-2-13-11-3-5-12(6-4-11)20(18,19)15-8-10-17-9-7-14-16-17/h3-7,9,13,15H,2,8,10H2,1H3. The number of anilines is 1. The molecule has 2 aromatic rings. The zero-order chi connectivity index (χ0) is 14.4. The summed E-state index contributed by atoms with van der Waals surface area (Å²) in [5.41, 5.74) is 0.897. The number of nitrogens with one attached hydrogen (secondary N) is 2. The quantitative estimate of drug-likeness (QED) is 0.784. The Labute approximate surface area is 118 Å². The predicted octanol–water partition coefficient (Wildman–Crippen LogP) is 0.688. The van der Waals surface area contributed by atoms with Gasteiger partial charge in [0.2, 0.25) is 10.0 Å². The predicted molar refractivity (Wildman–Crippen MR) is 75.8 cm³/mol. The SMILES string of the molecule is CCNc1ccc(S(=O)(=O)NCCn2ccnn2)cc1. The van der Waals surface area contributed by atoms with Crippen molar-refractivity contribution in [2.75, 3.05) is 18.4 Å². The summed E-state index contributed by atoms with van der Waals surface area (Å²) < 4.78 is 28.2. The van der Waals surface area contributed by atoms with Gasteiger partial charge in [0.05, 0.1) is 17.6 Å². The minimum absolute atomic E-state index is 0.248. The van der Waals surface area contributed by atoms with Crippen LogP contribution in [0.5, 0.6) is 0 Å². The Kier molecular flexibility index (Phi) is 4.70. The maximum Gasteiger partial charge on any atom is 0.240 e. The molecule has 8 heteroatoms. The highest BCUT2D eigenvalue weighted by molar-refractivity contribution is 7.89. The number of nitrogens with zero attached hydrogens (tertiary/aromatic N) is 3. The van der Waals surface area contributed by atoms with Crippen LogP contribution in [0.3, 0.4) is 0 Å². The van der Waals surface area contributed by atoms with E-state index in [4.69, 9.17) is 0 Å². The Morgan fingerprint density at radius 3 is 2.60 bits per heavy atom.